The molecule has 1 aliphatic rings. The number of anilines is 1. The van der Waals surface area contributed by atoms with Gasteiger partial charge < -0.3 is 19.5 Å². The van der Waals surface area contributed by atoms with E-state index in [-0.39, 0.29) is 12.1 Å². The van der Waals surface area contributed by atoms with Gasteiger partial charge in [0.05, 0.1) is 18.3 Å². The number of hydrogen-bond donors (Lipinski definition) is 1. The summed E-state index contributed by atoms with van der Waals surface area (Å²) in [6.07, 6.45) is 3.95. The van der Waals surface area contributed by atoms with Crippen molar-refractivity contribution in [2.45, 2.75) is 19.0 Å². The molecule has 3 heterocycles. The van der Waals surface area contributed by atoms with Gasteiger partial charge in [-0.3, -0.25) is 4.98 Å². The highest BCUT2D eigenvalue weighted by Crippen LogP contribution is 2.42. The topological polar surface area (TPSA) is 42.3 Å². The van der Waals surface area contributed by atoms with E-state index in [0.717, 1.165) is 28.5 Å². The van der Waals surface area contributed by atoms with Crippen molar-refractivity contribution in [2.24, 2.45) is 0 Å². The second kappa shape index (κ2) is 9.47. The minimum atomic E-state index is -0.112. The van der Waals surface area contributed by atoms with E-state index in [0.29, 0.717) is 11.7 Å². The van der Waals surface area contributed by atoms with E-state index in [1.54, 1.807) is 0 Å². The van der Waals surface area contributed by atoms with Crippen LogP contribution in [0.2, 0.25) is 0 Å². The van der Waals surface area contributed by atoms with E-state index in [2.05, 4.69) is 98.8 Å². The van der Waals surface area contributed by atoms with E-state index in [1.165, 1.54) is 10.8 Å². The van der Waals surface area contributed by atoms with Gasteiger partial charge in [0.2, 0.25) is 0 Å². The number of benzene rings is 3. The highest BCUT2D eigenvalue weighted by molar-refractivity contribution is 7.80. The summed E-state index contributed by atoms with van der Waals surface area (Å²) in [5.74, 6) is 0.844. The van der Waals surface area contributed by atoms with Crippen LogP contribution in [0.15, 0.2) is 109 Å². The molecule has 2 aromatic heterocycles. The van der Waals surface area contributed by atoms with Crippen LogP contribution in [0.25, 0.3) is 16.5 Å². The average Bonchev–Trinajstić information content (AvgIpc) is 3.54. The van der Waals surface area contributed by atoms with E-state index >= 15 is 0 Å². The Kier molecular flexibility index (Phi) is 5.87. The summed E-state index contributed by atoms with van der Waals surface area (Å²) in [7, 11) is 0. The van der Waals surface area contributed by atoms with Crippen LogP contribution in [0.5, 0.6) is 5.75 Å². The maximum Gasteiger partial charge on any atom is 0.174 e. The molecule has 6 heteroatoms. The number of rotatable bonds is 6. The fourth-order valence-electron chi connectivity index (χ4n) is 5.00. The molecule has 2 atom stereocenters. The normalized spacial score (nSPS) is 17.4. The first-order valence-corrected chi connectivity index (χ1v) is 12.5. The Bertz CT molecular complexity index is 1510. The summed E-state index contributed by atoms with van der Waals surface area (Å²) in [6, 6.07) is 33.2. The smallest absolute Gasteiger partial charge is 0.174 e. The number of hydrogen-bond acceptors (Lipinski definition) is 3. The summed E-state index contributed by atoms with van der Waals surface area (Å²) in [4.78, 5) is 6.88. The largest absolute Gasteiger partial charge is 0.494 e. The van der Waals surface area contributed by atoms with Gasteiger partial charge in [0.25, 0.3) is 0 Å². The molecular weight excluding hydrogens is 464 g/mol. The zero-order chi connectivity index (χ0) is 24.5. The van der Waals surface area contributed by atoms with Crippen LogP contribution in [0.3, 0.4) is 0 Å². The van der Waals surface area contributed by atoms with Crippen molar-refractivity contribution in [1.82, 2.24) is 14.9 Å². The van der Waals surface area contributed by atoms with Crippen molar-refractivity contribution in [3.63, 3.8) is 0 Å². The summed E-state index contributed by atoms with van der Waals surface area (Å²) in [5, 5.41) is 6.66. The van der Waals surface area contributed by atoms with Gasteiger partial charge in [0.15, 0.2) is 5.11 Å². The van der Waals surface area contributed by atoms with Crippen LogP contribution in [0.1, 0.15) is 30.4 Å². The maximum absolute atomic E-state index is 5.90. The Hall–Kier alpha value is -4.16. The molecule has 1 aliphatic heterocycles. The molecule has 0 saturated carbocycles. The van der Waals surface area contributed by atoms with Crippen molar-refractivity contribution >= 4 is 33.8 Å². The van der Waals surface area contributed by atoms with Gasteiger partial charge in [-0.1, -0.05) is 36.4 Å². The molecule has 0 bridgehead atoms. The molecule has 1 fully saturated rings. The van der Waals surface area contributed by atoms with Crippen molar-refractivity contribution in [1.29, 1.82) is 0 Å². The van der Waals surface area contributed by atoms with Gasteiger partial charge in [0, 0.05) is 29.5 Å². The van der Waals surface area contributed by atoms with E-state index in [4.69, 9.17) is 17.0 Å². The second-order valence-electron chi connectivity index (χ2n) is 8.76. The van der Waals surface area contributed by atoms with Gasteiger partial charge >= 0.3 is 0 Å². The highest BCUT2D eigenvalue weighted by Gasteiger charge is 2.42. The second-order valence-corrected chi connectivity index (χ2v) is 9.14. The molecule has 1 N–H and O–H groups in total. The first-order valence-electron chi connectivity index (χ1n) is 12.1. The van der Waals surface area contributed by atoms with Crippen LogP contribution in [0, 0.1) is 0 Å². The molecule has 6 rings (SSSR count). The van der Waals surface area contributed by atoms with Gasteiger partial charge in [-0.2, -0.15) is 0 Å². The Balaban J connectivity index is 1.48. The minimum absolute atomic E-state index is 0.105. The standard InChI is InChI=1S/C30H26N4OS/c1-2-35-25-16-14-23(15-17-25)34-29(28(32-30(34)36)26-10-5-6-18-31-26)27-11-7-19-33(27)24-13-12-21-8-3-4-9-22(21)20-24/h3-20,28-29H,2H2,1H3,(H,32,36)/t28-,29-/m0/s1. The molecule has 36 heavy (non-hydrogen) atoms. The van der Waals surface area contributed by atoms with Crippen LogP contribution >= 0.6 is 12.2 Å². The fraction of sp³-hybridized carbons (Fsp3) is 0.133. The first kappa shape index (κ1) is 22.3. The third-order valence-corrected chi connectivity index (χ3v) is 6.93. The maximum atomic E-state index is 5.90. The monoisotopic (exact) mass is 490 g/mol. The molecule has 0 amide bonds. The third kappa shape index (κ3) is 3.99. The predicted octanol–water partition coefficient (Wildman–Crippen LogP) is 6.60. The average molecular weight is 491 g/mol. The molecule has 5 aromatic rings. The van der Waals surface area contributed by atoms with Crippen molar-refractivity contribution in [3.8, 4) is 11.4 Å². The van der Waals surface area contributed by atoms with Crippen LogP contribution in [-0.2, 0) is 0 Å². The number of aromatic nitrogens is 2. The van der Waals surface area contributed by atoms with E-state index in [9.17, 15) is 0 Å². The van der Waals surface area contributed by atoms with Gasteiger partial charge in [-0.15, -0.1) is 0 Å². The lowest BCUT2D eigenvalue weighted by molar-refractivity contribution is 0.340. The number of fused-ring (bicyclic) bond motifs is 1. The number of nitrogens with zero attached hydrogens (tertiary/aromatic N) is 3. The van der Waals surface area contributed by atoms with Gasteiger partial charge in [-0.05, 0) is 90.6 Å². The SMILES string of the molecule is CCOc1ccc(N2C(=S)N[C@@H](c3ccccn3)[C@@H]2c2cccn2-c2ccc3ccccc3c2)cc1. The number of pyridine rings is 1. The molecule has 178 valence electrons. The molecule has 5 nitrogen and oxygen atoms in total. The Morgan fingerprint density at radius 1 is 0.861 bits per heavy atom. The lowest BCUT2D eigenvalue weighted by Crippen LogP contribution is -2.30. The summed E-state index contributed by atoms with van der Waals surface area (Å²) >= 11 is 5.90. The van der Waals surface area contributed by atoms with Crippen LogP contribution in [0.4, 0.5) is 5.69 Å². The molecule has 3 aromatic carbocycles. The number of nitrogens with one attached hydrogen (secondary N) is 1. The minimum Gasteiger partial charge on any atom is -0.494 e. The highest BCUT2D eigenvalue weighted by atomic mass is 32.1. The Labute approximate surface area is 216 Å². The van der Waals surface area contributed by atoms with Crippen LogP contribution < -0.4 is 15.0 Å². The van der Waals surface area contributed by atoms with Gasteiger partial charge in [-0.25, -0.2) is 0 Å². The quantitative estimate of drug-likeness (QED) is 0.272. The van der Waals surface area contributed by atoms with Gasteiger partial charge in [0.1, 0.15) is 11.8 Å². The predicted molar refractivity (Wildman–Crippen MR) is 149 cm³/mol. The first-order chi connectivity index (χ1) is 17.7. The van der Waals surface area contributed by atoms with Crippen molar-refractivity contribution < 1.29 is 4.74 Å². The number of thiocarbonyl (C=S) groups is 1. The number of ether oxygens (including phenoxy) is 1. The zero-order valence-electron chi connectivity index (χ0n) is 19.9. The molecule has 0 radical (unpaired) electrons. The Morgan fingerprint density at radius 2 is 1.64 bits per heavy atom. The van der Waals surface area contributed by atoms with Crippen molar-refractivity contribution in [2.75, 3.05) is 11.5 Å². The summed E-state index contributed by atoms with van der Waals surface area (Å²) in [6.45, 7) is 2.62. The Morgan fingerprint density at radius 3 is 2.42 bits per heavy atom. The summed E-state index contributed by atoms with van der Waals surface area (Å²) in [5.41, 5.74) is 4.19. The van der Waals surface area contributed by atoms with Crippen molar-refractivity contribution in [3.05, 3.63) is 121 Å². The molecular formula is C30H26N4OS. The molecule has 1 saturated heterocycles. The lowest BCUT2D eigenvalue weighted by atomic mass is 10.0. The summed E-state index contributed by atoms with van der Waals surface area (Å²) < 4.78 is 7.93. The third-order valence-electron chi connectivity index (χ3n) is 6.62. The molecule has 0 aliphatic carbocycles. The lowest BCUT2D eigenvalue weighted by Gasteiger charge is -2.29. The van der Waals surface area contributed by atoms with E-state index < -0.39 is 0 Å². The molecule has 0 unspecified atom stereocenters. The van der Waals surface area contributed by atoms with Crippen LogP contribution in [-0.4, -0.2) is 21.3 Å². The fourth-order valence-corrected chi connectivity index (χ4v) is 5.35. The molecule has 0 spiro atoms. The zero-order valence-corrected chi connectivity index (χ0v) is 20.7. The van der Waals surface area contributed by atoms with E-state index in [1.807, 2.05) is 37.4 Å².